The van der Waals surface area contributed by atoms with Gasteiger partial charge in [-0.05, 0) is 43.6 Å². The number of carbonyl (C=O) groups is 1. The van der Waals surface area contributed by atoms with Gasteiger partial charge in [-0.3, -0.25) is 4.79 Å². The van der Waals surface area contributed by atoms with Crippen LogP contribution in [-0.4, -0.2) is 18.5 Å². The number of nitrogens with one attached hydrogen (secondary N) is 1. The Morgan fingerprint density at radius 2 is 2.18 bits per heavy atom. The Hall–Kier alpha value is -0.570. The second-order valence-electron chi connectivity index (χ2n) is 5.89. The molecule has 17 heavy (non-hydrogen) atoms. The van der Waals surface area contributed by atoms with Crippen LogP contribution in [-0.2, 0) is 4.79 Å². The molecule has 1 rings (SSSR count). The van der Waals surface area contributed by atoms with E-state index in [1.807, 2.05) is 0 Å². The highest BCUT2D eigenvalue weighted by molar-refractivity contribution is 5.76. The summed E-state index contributed by atoms with van der Waals surface area (Å²) < 4.78 is 0. The molecule has 1 fully saturated rings. The molecular formula is C14H28N2O. The van der Waals surface area contributed by atoms with Crippen LogP contribution in [0.2, 0.25) is 0 Å². The van der Waals surface area contributed by atoms with Crippen LogP contribution in [0.1, 0.15) is 52.9 Å². The second kappa shape index (κ2) is 7.00. The third kappa shape index (κ3) is 5.53. The Kier molecular flexibility index (Phi) is 5.96. The molecule has 1 aliphatic carbocycles. The van der Waals surface area contributed by atoms with Crippen molar-refractivity contribution in [3.8, 4) is 0 Å². The molecule has 2 unspecified atom stereocenters. The van der Waals surface area contributed by atoms with E-state index >= 15 is 0 Å². The number of nitrogens with two attached hydrogens (primary N) is 1. The molecule has 1 saturated carbocycles. The van der Waals surface area contributed by atoms with Gasteiger partial charge in [0.25, 0.3) is 0 Å². The topological polar surface area (TPSA) is 55.1 Å². The highest BCUT2D eigenvalue weighted by Crippen LogP contribution is 2.34. The van der Waals surface area contributed by atoms with Crippen molar-refractivity contribution in [1.82, 2.24) is 5.32 Å². The Morgan fingerprint density at radius 3 is 2.71 bits per heavy atom. The zero-order valence-electron chi connectivity index (χ0n) is 11.5. The Balaban J connectivity index is 2.20. The fourth-order valence-corrected chi connectivity index (χ4v) is 2.57. The molecule has 0 aromatic heterocycles. The van der Waals surface area contributed by atoms with E-state index in [-0.39, 0.29) is 5.91 Å². The van der Waals surface area contributed by atoms with Crippen LogP contribution < -0.4 is 11.1 Å². The first-order valence-corrected chi connectivity index (χ1v) is 7.06. The molecular weight excluding hydrogens is 212 g/mol. The van der Waals surface area contributed by atoms with Gasteiger partial charge >= 0.3 is 0 Å². The van der Waals surface area contributed by atoms with Crippen LogP contribution in [0.5, 0.6) is 0 Å². The van der Waals surface area contributed by atoms with Gasteiger partial charge in [-0.15, -0.1) is 0 Å². The molecule has 1 amide bonds. The molecule has 0 heterocycles. The summed E-state index contributed by atoms with van der Waals surface area (Å²) in [6.45, 7) is 7.18. The van der Waals surface area contributed by atoms with Crippen LogP contribution in [0, 0.1) is 17.8 Å². The summed E-state index contributed by atoms with van der Waals surface area (Å²) in [5.41, 5.74) is 5.71. The van der Waals surface area contributed by atoms with E-state index < -0.39 is 0 Å². The lowest BCUT2D eigenvalue weighted by Gasteiger charge is -2.16. The first kappa shape index (κ1) is 14.5. The zero-order chi connectivity index (χ0) is 12.8. The Labute approximate surface area is 106 Å². The van der Waals surface area contributed by atoms with Crippen LogP contribution in [0.4, 0.5) is 0 Å². The van der Waals surface area contributed by atoms with E-state index in [0.717, 1.165) is 12.3 Å². The molecule has 0 spiro atoms. The van der Waals surface area contributed by atoms with E-state index in [0.29, 0.717) is 30.8 Å². The summed E-state index contributed by atoms with van der Waals surface area (Å²) in [5, 5.41) is 3.13. The summed E-state index contributed by atoms with van der Waals surface area (Å²) in [5.74, 6) is 1.90. The van der Waals surface area contributed by atoms with Gasteiger partial charge in [0, 0.05) is 12.5 Å². The van der Waals surface area contributed by atoms with Crippen molar-refractivity contribution in [3.63, 3.8) is 0 Å². The van der Waals surface area contributed by atoms with Crippen molar-refractivity contribution in [2.75, 3.05) is 6.54 Å². The predicted molar refractivity (Wildman–Crippen MR) is 71.6 cm³/mol. The fraction of sp³-hybridized carbons (Fsp3) is 0.929. The molecule has 1 aliphatic rings. The largest absolute Gasteiger partial charge is 0.353 e. The second-order valence-corrected chi connectivity index (χ2v) is 5.89. The summed E-state index contributed by atoms with van der Waals surface area (Å²) in [7, 11) is 0. The molecule has 0 aromatic rings. The van der Waals surface area contributed by atoms with E-state index in [9.17, 15) is 4.79 Å². The lowest BCUT2D eigenvalue weighted by molar-refractivity contribution is -0.122. The average Bonchev–Trinajstić information content (AvgIpc) is 2.95. The summed E-state index contributed by atoms with van der Waals surface area (Å²) in [6.07, 6.45) is 5.29. The first-order chi connectivity index (χ1) is 8.06. The number of carbonyl (C=O) groups excluding carboxylic acids is 1. The van der Waals surface area contributed by atoms with Crippen LogP contribution >= 0.6 is 0 Å². The van der Waals surface area contributed by atoms with Crippen molar-refractivity contribution in [2.45, 2.75) is 58.9 Å². The fourth-order valence-electron chi connectivity index (χ4n) is 2.57. The van der Waals surface area contributed by atoms with Gasteiger partial charge in [0.15, 0.2) is 0 Å². The zero-order valence-corrected chi connectivity index (χ0v) is 11.5. The molecule has 0 radical (unpaired) electrons. The summed E-state index contributed by atoms with van der Waals surface area (Å²) in [6, 6.07) is 0.458. The molecule has 0 aromatic carbocycles. The van der Waals surface area contributed by atoms with Gasteiger partial charge in [-0.25, -0.2) is 0 Å². The normalized spacial score (nSPS) is 24.8. The van der Waals surface area contributed by atoms with Crippen molar-refractivity contribution in [3.05, 3.63) is 0 Å². The monoisotopic (exact) mass is 240 g/mol. The minimum Gasteiger partial charge on any atom is -0.353 e. The van der Waals surface area contributed by atoms with Crippen molar-refractivity contribution >= 4 is 5.91 Å². The van der Waals surface area contributed by atoms with E-state index in [1.165, 1.54) is 19.3 Å². The molecule has 0 saturated heterocycles. The maximum Gasteiger partial charge on any atom is 0.220 e. The number of hydrogen-bond donors (Lipinski definition) is 2. The van der Waals surface area contributed by atoms with Crippen LogP contribution in [0.3, 0.4) is 0 Å². The van der Waals surface area contributed by atoms with Crippen LogP contribution in [0.15, 0.2) is 0 Å². The van der Waals surface area contributed by atoms with Gasteiger partial charge in [0.1, 0.15) is 0 Å². The molecule has 0 aliphatic heterocycles. The summed E-state index contributed by atoms with van der Waals surface area (Å²) >= 11 is 0. The standard InChI is InChI=1S/C14H28N2O/c1-4-5-12-8-13(12)16-14(17)7-11(9-15)6-10(2)3/h10-13H,4-9,15H2,1-3H3,(H,16,17)/t11-,12?,13?/m0/s1. The van der Waals surface area contributed by atoms with E-state index in [1.54, 1.807) is 0 Å². The van der Waals surface area contributed by atoms with Crippen molar-refractivity contribution < 1.29 is 4.79 Å². The third-order valence-corrected chi connectivity index (χ3v) is 3.54. The predicted octanol–water partition coefficient (Wildman–Crippen LogP) is 2.30. The SMILES string of the molecule is CCCC1CC1NC(=O)C[C@@H](CN)CC(C)C. The Bertz CT molecular complexity index is 240. The average molecular weight is 240 g/mol. The lowest BCUT2D eigenvalue weighted by atomic mass is 9.94. The molecule has 3 atom stereocenters. The molecule has 0 bridgehead atoms. The summed E-state index contributed by atoms with van der Waals surface area (Å²) in [4.78, 5) is 11.8. The van der Waals surface area contributed by atoms with E-state index in [2.05, 4.69) is 26.1 Å². The van der Waals surface area contributed by atoms with Gasteiger partial charge in [-0.2, -0.15) is 0 Å². The van der Waals surface area contributed by atoms with E-state index in [4.69, 9.17) is 5.73 Å². The van der Waals surface area contributed by atoms with Crippen molar-refractivity contribution in [2.24, 2.45) is 23.5 Å². The van der Waals surface area contributed by atoms with Gasteiger partial charge in [-0.1, -0.05) is 27.2 Å². The molecule has 3 nitrogen and oxygen atoms in total. The molecule has 100 valence electrons. The van der Waals surface area contributed by atoms with Gasteiger partial charge in [0.05, 0.1) is 0 Å². The third-order valence-electron chi connectivity index (χ3n) is 3.54. The van der Waals surface area contributed by atoms with Gasteiger partial charge < -0.3 is 11.1 Å². The van der Waals surface area contributed by atoms with Gasteiger partial charge in [0.2, 0.25) is 5.91 Å². The van der Waals surface area contributed by atoms with Crippen molar-refractivity contribution in [1.29, 1.82) is 0 Å². The number of hydrogen-bond acceptors (Lipinski definition) is 2. The lowest BCUT2D eigenvalue weighted by Crippen LogP contribution is -2.31. The maximum atomic E-state index is 11.8. The maximum absolute atomic E-state index is 11.8. The minimum atomic E-state index is 0.199. The minimum absolute atomic E-state index is 0.199. The quantitative estimate of drug-likeness (QED) is 0.684. The number of amides is 1. The first-order valence-electron chi connectivity index (χ1n) is 7.06. The molecule has 3 heteroatoms. The highest BCUT2D eigenvalue weighted by atomic mass is 16.1. The number of rotatable bonds is 8. The highest BCUT2D eigenvalue weighted by Gasteiger charge is 2.37. The Morgan fingerprint density at radius 1 is 1.47 bits per heavy atom. The van der Waals surface area contributed by atoms with Crippen LogP contribution in [0.25, 0.3) is 0 Å². The smallest absolute Gasteiger partial charge is 0.220 e. The molecule has 3 N–H and O–H groups in total.